The molecule has 0 spiro atoms. The number of carbonyl (C=O) groups is 6. The van der Waals surface area contributed by atoms with E-state index in [-0.39, 0.29) is 13.1 Å². The average Bonchev–Trinajstić information content (AvgIpc) is 2.50. The van der Waals surface area contributed by atoms with Crippen LogP contribution in [0.3, 0.4) is 0 Å². The van der Waals surface area contributed by atoms with E-state index in [2.05, 4.69) is 10.6 Å². The SMILES string of the molecule is O=C(O)CN(CCNC(=O)CNC(=O)CN(CC(=O)O)CC(=O)O)CC(=O)O. The Bertz CT molecular complexity index is 577. The highest BCUT2D eigenvalue weighted by Crippen LogP contribution is 1.89. The first-order valence-corrected chi connectivity index (χ1v) is 7.84. The van der Waals surface area contributed by atoms with Gasteiger partial charge in [0.1, 0.15) is 0 Å². The molecule has 0 saturated carbocycles. The molecule has 0 unspecified atom stereocenters. The Balaban J connectivity index is 4.28. The number of rotatable bonds is 15. The van der Waals surface area contributed by atoms with Gasteiger partial charge in [-0.3, -0.25) is 38.6 Å². The number of carboxylic acids is 4. The third kappa shape index (κ3) is 14.0. The molecule has 0 radical (unpaired) electrons. The highest BCUT2D eigenvalue weighted by Gasteiger charge is 2.17. The zero-order chi connectivity index (χ0) is 21.7. The van der Waals surface area contributed by atoms with Gasteiger partial charge in [0.15, 0.2) is 0 Å². The molecule has 6 N–H and O–H groups in total. The van der Waals surface area contributed by atoms with Gasteiger partial charge in [-0.05, 0) is 0 Å². The van der Waals surface area contributed by atoms with Crippen LogP contribution in [0.25, 0.3) is 0 Å². The van der Waals surface area contributed by atoms with E-state index < -0.39 is 75.0 Å². The molecular formula is C14H22N4O10. The number of carboxylic acid groups (broad SMARTS) is 4. The molecule has 158 valence electrons. The first-order valence-electron chi connectivity index (χ1n) is 7.84. The Kier molecular flexibility index (Phi) is 11.5. The van der Waals surface area contributed by atoms with E-state index in [0.29, 0.717) is 0 Å². The Morgan fingerprint density at radius 2 is 1.00 bits per heavy atom. The van der Waals surface area contributed by atoms with Gasteiger partial charge < -0.3 is 31.1 Å². The van der Waals surface area contributed by atoms with Gasteiger partial charge in [0.05, 0.1) is 39.3 Å². The Hall–Kier alpha value is -3.26. The van der Waals surface area contributed by atoms with Crippen molar-refractivity contribution in [2.24, 2.45) is 0 Å². The molecule has 0 atom stereocenters. The van der Waals surface area contributed by atoms with Crippen molar-refractivity contribution in [3.05, 3.63) is 0 Å². The number of carbonyl (C=O) groups excluding carboxylic acids is 2. The maximum Gasteiger partial charge on any atom is 0.317 e. The van der Waals surface area contributed by atoms with E-state index in [9.17, 15) is 28.8 Å². The zero-order valence-corrected chi connectivity index (χ0v) is 14.8. The summed E-state index contributed by atoms with van der Waals surface area (Å²) in [6.07, 6.45) is 0. The van der Waals surface area contributed by atoms with Crippen molar-refractivity contribution < 1.29 is 49.2 Å². The molecule has 0 aromatic rings. The van der Waals surface area contributed by atoms with E-state index in [1.165, 1.54) is 0 Å². The second kappa shape index (κ2) is 13.0. The third-order valence-electron chi connectivity index (χ3n) is 3.00. The van der Waals surface area contributed by atoms with E-state index >= 15 is 0 Å². The lowest BCUT2D eigenvalue weighted by Crippen LogP contribution is -2.46. The van der Waals surface area contributed by atoms with Crippen LogP contribution in [-0.2, 0) is 28.8 Å². The fourth-order valence-electron chi connectivity index (χ4n) is 2.00. The highest BCUT2D eigenvalue weighted by atomic mass is 16.4. The zero-order valence-electron chi connectivity index (χ0n) is 14.8. The van der Waals surface area contributed by atoms with E-state index in [0.717, 1.165) is 9.80 Å². The number of hydrogen-bond acceptors (Lipinski definition) is 8. The molecule has 0 aromatic heterocycles. The lowest BCUT2D eigenvalue weighted by molar-refractivity contribution is -0.144. The van der Waals surface area contributed by atoms with Gasteiger partial charge >= 0.3 is 23.9 Å². The molecule has 14 nitrogen and oxygen atoms in total. The summed E-state index contributed by atoms with van der Waals surface area (Å²) in [7, 11) is 0. The summed E-state index contributed by atoms with van der Waals surface area (Å²) >= 11 is 0. The minimum absolute atomic E-state index is 0.0523. The Morgan fingerprint density at radius 1 is 0.571 bits per heavy atom. The third-order valence-corrected chi connectivity index (χ3v) is 3.00. The second-order valence-corrected chi connectivity index (χ2v) is 5.56. The molecule has 0 aliphatic carbocycles. The average molecular weight is 406 g/mol. The van der Waals surface area contributed by atoms with Crippen LogP contribution in [0.5, 0.6) is 0 Å². The first kappa shape index (κ1) is 24.7. The van der Waals surface area contributed by atoms with Crippen LogP contribution in [0.4, 0.5) is 0 Å². The standard InChI is InChI=1S/C14H22N4O10/c19-9(15-1-2-17(5-11(21)22)6-12(23)24)3-16-10(20)4-18(7-13(25)26)8-14(27)28/h1-8H2,(H,15,19)(H,16,20)(H,21,22)(H,23,24)(H,25,26)(H,27,28). The highest BCUT2D eigenvalue weighted by molar-refractivity contribution is 5.86. The van der Waals surface area contributed by atoms with Crippen LogP contribution in [0, 0.1) is 0 Å². The molecule has 0 heterocycles. The smallest absolute Gasteiger partial charge is 0.317 e. The number of aliphatic carboxylic acids is 4. The van der Waals surface area contributed by atoms with Crippen molar-refractivity contribution >= 4 is 35.7 Å². The molecule has 0 fully saturated rings. The van der Waals surface area contributed by atoms with Gasteiger partial charge in [-0.15, -0.1) is 0 Å². The summed E-state index contributed by atoms with van der Waals surface area (Å²) in [5.41, 5.74) is 0. The van der Waals surface area contributed by atoms with Gasteiger partial charge in [0.25, 0.3) is 0 Å². The van der Waals surface area contributed by atoms with Crippen LogP contribution in [-0.4, -0.2) is 118 Å². The fraction of sp³-hybridized carbons (Fsp3) is 0.571. The van der Waals surface area contributed by atoms with Crippen molar-refractivity contribution in [2.75, 3.05) is 52.4 Å². The molecule has 0 aromatic carbocycles. The minimum atomic E-state index is -1.32. The normalized spacial score (nSPS) is 10.5. The summed E-state index contributed by atoms with van der Waals surface area (Å²) in [5.74, 6) is -6.52. The Morgan fingerprint density at radius 3 is 1.43 bits per heavy atom. The molecule has 14 heteroatoms. The van der Waals surface area contributed by atoms with Crippen LogP contribution < -0.4 is 10.6 Å². The van der Waals surface area contributed by atoms with Crippen LogP contribution in [0.2, 0.25) is 0 Å². The summed E-state index contributed by atoms with van der Waals surface area (Å²) in [4.78, 5) is 67.8. The maximum atomic E-state index is 11.7. The minimum Gasteiger partial charge on any atom is -0.480 e. The molecule has 0 aliphatic rings. The quantitative estimate of drug-likeness (QED) is 0.154. The molecule has 2 amide bonds. The maximum absolute atomic E-state index is 11.7. The summed E-state index contributed by atoms with van der Waals surface area (Å²) in [5, 5.41) is 39.2. The van der Waals surface area contributed by atoms with Crippen molar-refractivity contribution in [1.29, 1.82) is 0 Å². The summed E-state index contributed by atoms with van der Waals surface area (Å²) in [6, 6.07) is 0. The number of amides is 2. The van der Waals surface area contributed by atoms with Crippen LogP contribution in [0.1, 0.15) is 0 Å². The number of nitrogens with one attached hydrogen (secondary N) is 2. The van der Waals surface area contributed by atoms with Crippen molar-refractivity contribution in [2.45, 2.75) is 0 Å². The fourth-order valence-corrected chi connectivity index (χ4v) is 2.00. The van der Waals surface area contributed by atoms with Gasteiger partial charge in [0.2, 0.25) is 11.8 Å². The number of nitrogens with zero attached hydrogens (tertiary/aromatic N) is 2. The molecule has 0 rings (SSSR count). The Labute approximate surface area is 158 Å². The second-order valence-electron chi connectivity index (χ2n) is 5.56. The monoisotopic (exact) mass is 406 g/mol. The van der Waals surface area contributed by atoms with Gasteiger partial charge in [-0.25, -0.2) is 0 Å². The van der Waals surface area contributed by atoms with Crippen LogP contribution in [0.15, 0.2) is 0 Å². The van der Waals surface area contributed by atoms with Crippen molar-refractivity contribution in [1.82, 2.24) is 20.4 Å². The topological polar surface area (TPSA) is 214 Å². The summed E-state index contributed by atoms with van der Waals surface area (Å²) < 4.78 is 0. The summed E-state index contributed by atoms with van der Waals surface area (Å²) in [6.45, 7) is -3.54. The van der Waals surface area contributed by atoms with Crippen LogP contribution >= 0.6 is 0 Å². The molecule has 0 aliphatic heterocycles. The van der Waals surface area contributed by atoms with Crippen molar-refractivity contribution in [3.63, 3.8) is 0 Å². The predicted molar refractivity (Wildman–Crippen MR) is 89.4 cm³/mol. The predicted octanol–water partition coefficient (Wildman–Crippen LogP) is -3.84. The lowest BCUT2D eigenvalue weighted by atomic mass is 10.4. The molecule has 0 saturated heterocycles. The molecule has 0 bridgehead atoms. The number of hydrogen-bond donors (Lipinski definition) is 6. The van der Waals surface area contributed by atoms with Gasteiger partial charge in [-0.1, -0.05) is 0 Å². The lowest BCUT2D eigenvalue weighted by Gasteiger charge is -2.18. The van der Waals surface area contributed by atoms with E-state index in [1.807, 2.05) is 0 Å². The largest absolute Gasteiger partial charge is 0.480 e. The van der Waals surface area contributed by atoms with Gasteiger partial charge in [0, 0.05) is 13.1 Å². The van der Waals surface area contributed by atoms with E-state index in [1.54, 1.807) is 0 Å². The molecule has 28 heavy (non-hydrogen) atoms. The van der Waals surface area contributed by atoms with E-state index in [4.69, 9.17) is 20.4 Å². The van der Waals surface area contributed by atoms with Crippen molar-refractivity contribution in [3.8, 4) is 0 Å². The first-order chi connectivity index (χ1) is 13.0. The van der Waals surface area contributed by atoms with Gasteiger partial charge in [-0.2, -0.15) is 0 Å². The molecular weight excluding hydrogens is 384 g/mol.